The van der Waals surface area contributed by atoms with Crippen molar-refractivity contribution in [2.45, 2.75) is 33.6 Å². The van der Waals surface area contributed by atoms with E-state index in [4.69, 9.17) is 10.5 Å². The van der Waals surface area contributed by atoms with Crippen molar-refractivity contribution in [2.75, 3.05) is 45.9 Å². The molecule has 0 radical (unpaired) electrons. The second-order valence-electron chi connectivity index (χ2n) is 4.12. The Morgan fingerprint density at radius 2 is 1.89 bits per heavy atom. The Hall–Kier alpha value is -0.0800. The number of hydrogen-bond donors (Lipinski definition) is 2. The molecule has 0 aromatic heterocycles. The van der Waals surface area contributed by atoms with Crippen LogP contribution in [0.5, 0.6) is 0 Å². The maximum absolute atomic E-state index is 5.75. The summed E-state index contributed by atoms with van der Waals surface area (Å²) < 4.78 is 5.23. The lowest BCUT2D eigenvalue weighted by atomic mass is 10.3. The van der Waals surface area contributed by atoms with Crippen molar-refractivity contribution >= 4 is 29.9 Å². The summed E-state index contributed by atoms with van der Waals surface area (Å²) >= 11 is 0. The number of ether oxygens (including phenoxy) is 1. The number of nitrogens with zero attached hydrogens (tertiary/aromatic N) is 2. The first-order chi connectivity index (χ1) is 8.74. The fourth-order valence-electron chi connectivity index (χ4n) is 1.63. The molecule has 3 N–H and O–H groups in total. The third-order valence-corrected chi connectivity index (χ3v) is 2.78. The number of nitrogens with two attached hydrogens (primary N) is 1. The van der Waals surface area contributed by atoms with Crippen LogP contribution in [-0.4, -0.2) is 56.8 Å². The smallest absolute Gasteiger partial charge is 0.188 e. The average molecular weight is 386 g/mol. The van der Waals surface area contributed by atoms with E-state index < -0.39 is 0 Å². The van der Waals surface area contributed by atoms with Crippen molar-refractivity contribution in [3.63, 3.8) is 0 Å². The predicted molar refractivity (Wildman–Crippen MR) is 93.4 cm³/mol. The first-order valence-corrected chi connectivity index (χ1v) is 7.08. The lowest BCUT2D eigenvalue weighted by molar-refractivity contribution is 0.146. The quantitative estimate of drug-likeness (QED) is 0.245. The summed E-state index contributed by atoms with van der Waals surface area (Å²) in [6, 6.07) is 0. The van der Waals surface area contributed by atoms with Crippen molar-refractivity contribution in [1.29, 1.82) is 0 Å². The van der Waals surface area contributed by atoms with Crippen LogP contribution in [0, 0.1) is 0 Å². The van der Waals surface area contributed by atoms with Gasteiger partial charge in [0.1, 0.15) is 0 Å². The molecule has 0 aliphatic heterocycles. The fourth-order valence-corrected chi connectivity index (χ4v) is 1.63. The molecule has 19 heavy (non-hydrogen) atoms. The highest BCUT2D eigenvalue weighted by Gasteiger charge is 1.98. The van der Waals surface area contributed by atoms with Crippen LogP contribution < -0.4 is 11.1 Å². The van der Waals surface area contributed by atoms with Gasteiger partial charge in [-0.3, -0.25) is 4.99 Å². The Morgan fingerprint density at radius 3 is 2.47 bits per heavy atom. The fraction of sp³-hybridized carbons (Fsp3) is 0.923. The Kier molecular flexibility index (Phi) is 17.8. The van der Waals surface area contributed by atoms with Crippen LogP contribution in [0.2, 0.25) is 0 Å². The summed E-state index contributed by atoms with van der Waals surface area (Å²) in [4.78, 5) is 6.64. The van der Waals surface area contributed by atoms with Gasteiger partial charge >= 0.3 is 0 Å². The van der Waals surface area contributed by atoms with Crippen LogP contribution in [0.4, 0.5) is 0 Å². The predicted octanol–water partition coefficient (Wildman–Crippen LogP) is 1.67. The Morgan fingerprint density at radius 1 is 1.21 bits per heavy atom. The van der Waals surface area contributed by atoms with Crippen molar-refractivity contribution in [3.05, 3.63) is 0 Å². The van der Waals surface area contributed by atoms with Crippen molar-refractivity contribution in [3.8, 4) is 0 Å². The van der Waals surface area contributed by atoms with Gasteiger partial charge in [-0.1, -0.05) is 13.8 Å². The van der Waals surface area contributed by atoms with E-state index in [1.165, 1.54) is 0 Å². The largest absolute Gasteiger partial charge is 0.382 e. The van der Waals surface area contributed by atoms with Crippen molar-refractivity contribution in [1.82, 2.24) is 10.2 Å². The van der Waals surface area contributed by atoms with Gasteiger partial charge in [-0.15, -0.1) is 24.0 Å². The first-order valence-electron chi connectivity index (χ1n) is 7.08. The number of guanidine groups is 1. The molecule has 116 valence electrons. The molecule has 0 aromatic rings. The molecule has 6 heteroatoms. The standard InChI is InChI=1S/C13H30N4O.HI/c1-4-17(5-2)11-7-9-15-13(14)16-10-8-12-18-6-3;/h4-12H2,1-3H3,(H3,14,15,16);1H. The second kappa shape index (κ2) is 16.0. The summed E-state index contributed by atoms with van der Waals surface area (Å²) in [5.74, 6) is 0.547. The number of nitrogens with one attached hydrogen (secondary N) is 1. The Labute approximate surface area is 135 Å². The molecule has 0 aliphatic rings. The van der Waals surface area contributed by atoms with E-state index in [-0.39, 0.29) is 24.0 Å². The molecule has 0 heterocycles. The van der Waals surface area contributed by atoms with Crippen LogP contribution in [-0.2, 0) is 4.74 Å². The van der Waals surface area contributed by atoms with E-state index >= 15 is 0 Å². The van der Waals surface area contributed by atoms with E-state index in [9.17, 15) is 0 Å². The van der Waals surface area contributed by atoms with Gasteiger partial charge in [0.15, 0.2) is 5.96 Å². The molecule has 0 aromatic carbocycles. The third-order valence-electron chi connectivity index (χ3n) is 2.78. The van der Waals surface area contributed by atoms with Crippen LogP contribution in [0.25, 0.3) is 0 Å². The monoisotopic (exact) mass is 386 g/mol. The van der Waals surface area contributed by atoms with Crippen molar-refractivity contribution in [2.24, 2.45) is 10.7 Å². The molecule has 0 aliphatic carbocycles. The summed E-state index contributed by atoms with van der Waals surface area (Å²) in [6.45, 7) is 12.8. The van der Waals surface area contributed by atoms with Gasteiger partial charge in [-0.05, 0) is 39.4 Å². The number of aliphatic imine (C=N–C) groups is 1. The van der Waals surface area contributed by atoms with Gasteiger partial charge in [0.25, 0.3) is 0 Å². The Balaban J connectivity index is 0. The topological polar surface area (TPSA) is 62.9 Å². The highest BCUT2D eigenvalue weighted by molar-refractivity contribution is 14.0. The molecule has 0 rings (SSSR count). The summed E-state index contributed by atoms with van der Waals surface area (Å²) in [5.41, 5.74) is 5.75. The molecule has 0 saturated carbocycles. The normalized spacial score (nSPS) is 11.5. The molecule has 0 bridgehead atoms. The minimum absolute atomic E-state index is 0. The number of hydrogen-bond acceptors (Lipinski definition) is 3. The zero-order valence-electron chi connectivity index (χ0n) is 12.7. The SMILES string of the molecule is CCOCCCN=C(N)NCCCN(CC)CC.I. The average Bonchev–Trinajstić information content (AvgIpc) is 2.39. The maximum Gasteiger partial charge on any atom is 0.188 e. The van der Waals surface area contributed by atoms with E-state index in [1.54, 1.807) is 0 Å². The molecule has 0 saturated heterocycles. The van der Waals surface area contributed by atoms with E-state index in [0.717, 1.165) is 58.8 Å². The third kappa shape index (κ3) is 14.1. The van der Waals surface area contributed by atoms with Crippen LogP contribution in [0.1, 0.15) is 33.6 Å². The minimum atomic E-state index is 0. The molecule has 0 fully saturated rings. The van der Waals surface area contributed by atoms with Gasteiger partial charge in [0, 0.05) is 26.3 Å². The highest BCUT2D eigenvalue weighted by atomic mass is 127. The maximum atomic E-state index is 5.75. The molecular weight excluding hydrogens is 355 g/mol. The van der Waals surface area contributed by atoms with Crippen LogP contribution in [0.3, 0.4) is 0 Å². The minimum Gasteiger partial charge on any atom is -0.382 e. The van der Waals surface area contributed by atoms with Gasteiger partial charge < -0.3 is 20.7 Å². The van der Waals surface area contributed by atoms with Gasteiger partial charge in [0.05, 0.1) is 0 Å². The van der Waals surface area contributed by atoms with E-state index in [2.05, 4.69) is 29.1 Å². The summed E-state index contributed by atoms with van der Waals surface area (Å²) in [5, 5.41) is 3.14. The first kappa shape index (κ1) is 21.2. The van der Waals surface area contributed by atoms with Crippen molar-refractivity contribution < 1.29 is 4.74 Å². The molecule has 0 unspecified atom stereocenters. The van der Waals surface area contributed by atoms with Crippen LogP contribution >= 0.6 is 24.0 Å². The lowest BCUT2D eigenvalue weighted by Gasteiger charge is -2.17. The second-order valence-corrected chi connectivity index (χ2v) is 4.12. The molecule has 0 spiro atoms. The number of halogens is 1. The van der Waals surface area contributed by atoms with E-state index in [1.807, 2.05) is 6.92 Å². The molecule has 0 atom stereocenters. The van der Waals surface area contributed by atoms with Gasteiger partial charge in [-0.2, -0.15) is 0 Å². The molecule has 0 amide bonds. The Bertz CT molecular complexity index is 211. The van der Waals surface area contributed by atoms with Gasteiger partial charge in [-0.25, -0.2) is 0 Å². The summed E-state index contributed by atoms with van der Waals surface area (Å²) in [7, 11) is 0. The zero-order chi connectivity index (χ0) is 13.6. The molecular formula is C13H31IN4O. The van der Waals surface area contributed by atoms with Gasteiger partial charge in [0.2, 0.25) is 0 Å². The molecule has 5 nitrogen and oxygen atoms in total. The van der Waals surface area contributed by atoms with E-state index in [0.29, 0.717) is 5.96 Å². The highest BCUT2D eigenvalue weighted by Crippen LogP contribution is 1.89. The lowest BCUT2D eigenvalue weighted by Crippen LogP contribution is -2.34. The van der Waals surface area contributed by atoms with Crippen LogP contribution in [0.15, 0.2) is 4.99 Å². The zero-order valence-corrected chi connectivity index (χ0v) is 15.0. The number of rotatable bonds is 11. The summed E-state index contributed by atoms with van der Waals surface area (Å²) in [6.07, 6.45) is 2.02.